The van der Waals surface area contributed by atoms with Gasteiger partial charge in [-0.25, -0.2) is 0 Å². The lowest BCUT2D eigenvalue weighted by Crippen LogP contribution is -1.81. The van der Waals surface area contributed by atoms with Crippen molar-refractivity contribution in [3.05, 3.63) is 11.8 Å². The standard InChI is InChI=1S/C11H21N/c1-4-7-8-11(6-3)10-12-9-5-2/h9-10H,4-8H2,1-3H3. The second-order valence-electron chi connectivity index (χ2n) is 2.98. The molecular formula is C11H21N. The van der Waals surface area contributed by atoms with Crippen molar-refractivity contribution in [1.82, 2.24) is 0 Å². The molecule has 0 saturated carbocycles. The molecule has 0 spiro atoms. The van der Waals surface area contributed by atoms with Crippen LogP contribution in [0.3, 0.4) is 0 Å². The lowest BCUT2D eigenvalue weighted by atomic mass is 10.1. The number of hydrogen-bond acceptors (Lipinski definition) is 1. The monoisotopic (exact) mass is 167 g/mol. The van der Waals surface area contributed by atoms with Crippen LogP contribution < -0.4 is 0 Å². The van der Waals surface area contributed by atoms with Crippen molar-refractivity contribution in [2.45, 2.75) is 52.9 Å². The third-order valence-corrected chi connectivity index (χ3v) is 1.85. The predicted molar refractivity (Wildman–Crippen MR) is 56.7 cm³/mol. The van der Waals surface area contributed by atoms with Crippen LogP contribution in [0, 0.1) is 0 Å². The Bertz CT molecular complexity index is 145. The number of nitrogens with zero attached hydrogens (tertiary/aromatic N) is 1. The van der Waals surface area contributed by atoms with Crippen LogP contribution in [-0.2, 0) is 0 Å². The van der Waals surface area contributed by atoms with Crippen molar-refractivity contribution in [1.29, 1.82) is 0 Å². The Hall–Kier alpha value is -0.590. The molecule has 0 heterocycles. The van der Waals surface area contributed by atoms with Crippen molar-refractivity contribution in [2.24, 2.45) is 4.99 Å². The molecule has 0 amide bonds. The summed E-state index contributed by atoms with van der Waals surface area (Å²) in [7, 11) is 0. The summed E-state index contributed by atoms with van der Waals surface area (Å²) in [6.07, 6.45) is 9.94. The average Bonchev–Trinajstić information content (AvgIpc) is 2.11. The molecule has 1 nitrogen and oxygen atoms in total. The highest BCUT2D eigenvalue weighted by Gasteiger charge is 1.91. The molecule has 0 unspecified atom stereocenters. The van der Waals surface area contributed by atoms with E-state index in [9.17, 15) is 0 Å². The second-order valence-corrected chi connectivity index (χ2v) is 2.98. The van der Waals surface area contributed by atoms with Crippen LogP contribution >= 0.6 is 0 Å². The molecule has 1 heteroatoms. The Kier molecular flexibility index (Phi) is 8.09. The molecule has 0 radical (unpaired) electrons. The summed E-state index contributed by atoms with van der Waals surface area (Å²) >= 11 is 0. The van der Waals surface area contributed by atoms with E-state index in [1.165, 1.54) is 24.8 Å². The zero-order chi connectivity index (χ0) is 9.23. The quantitative estimate of drug-likeness (QED) is 0.531. The van der Waals surface area contributed by atoms with Crippen LogP contribution in [-0.4, -0.2) is 6.21 Å². The van der Waals surface area contributed by atoms with Crippen molar-refractivity contribution in [3.8, 4) is 0 Å². The van der Waals surface area contributed by atoms with Crippen LogP contribution in [0.2, 0.25) is 0 Å². The van der Waals surface area contributed by atoms with Crippen LogP contribution in [0.4, 0.5) is 0 Å². The SMILES string of the molecule is CCC=NC=C(CC)CCCC. The molecule has 0 rings (SSSR count). The summed E-state index contributed by atoms with van der Waals surface area (Å²) in [5, 5.41) is 0. The smallest absolute Gasteiger partial charge is 0.0255 e. The zero-order valence-electron chi connectivity index (χ0n) is 8.64. The molecule has 0 aliphatic carbocycles. The molecule has 12 heavy (non-hydrogen) atoms. The molecular weight excluding hydrogens is 146 g/mol. The van der Waals surface area contributed by atoms with Crippen LogP contribution in [0.25, 0.3) is 0 Å². The number of rotatable bonds is 6. The zero-order valence-corrected chi connectivity index (χ0v) is 8.64. The van der Waals surface area contributed by atoms with Gasteiger partial charge < -0.3 is 0 Å². The van der Waals surface area contributed by atoms with Crippen LogP contribution in [0.1, 0.15) is 52.9 Å². The van der Waals surface area contributed by atoms with Crippen LogP contribution in [0.15, 0.2) is 16.8 Å². The number of aliphatic imine (C=N–C) groups is 1. The highest BCUT2D eigenvalue weighted by molar-refractivity contribution is 5.57. The van der Waals surface area contributed by atoms with E-state index in [-0.39, 0.29) is 0 Å². The Balaban J connectivity index is 3.78. The lowest BCUT2D eigenvalue weighted by molar-refractivity contribution is 0.764. The number of allylic oxidation sites excluding steroid dienone is 1. The molecule has 0 saturated heterocycles. The fourth-order valence-electron chi connectivity index (χ4n) is 1.000. The van der Waals surface area contributed by atoms with Gasteiger partial charge in [0, 0.05) is 12.4 Å². The van der Waals surface area contributed by atoms with Gasteiger partial charge in [0.25, 0.3) is 0 Å². The minimum Gasteiger partial charge on any atom is -0.269 e. The molecule has 0 aromatic rings. The van der Waals surface area contributed by atoms with Gasteiger partial charge in [-0.05, 0) is 25.7 Å². The van der Waals surface area contributed by atoms with E-state index in [1.54, 1.807) is 0 Å². The van der Waals surface area contributed by atoms with E-state index in [0.717, 1.165) is 12.8 Å². The maximum Gasteiger partial charge on any atom is 0.0255 e. The fourth-order valence-corrected chi connectivity index (χ4v) is 1.000. The van der Waals surface area contributed by atoms with Gasteiger partial charge in [0.2, 0.25) is 0 Å². The Labute approximate surface area is 76.6 Å². The summed E-state index contributed by atoms with van der Waals surface area (Å²) in [6.45, 7) is 6.53. The Morgan fingerprint density at radius 2 is 2.00 bits per heavy atom. The van der Waals surface area contributed by atoms with Crippen molar-refractivity contribution in [3.63, 3.8) is 0 Å². The predicted octanol–water partition coefficient (Wildman–Crippen LogP) is 3.95. The molecule has 0 aromatic heterocycles. The molecule has 70 valence electrons. The number of hydrogen-bond donors (Lipinski definition) is 0. The van der Waals surface area contributed by atoms with Crippen molar-refractivity contribution in [2.75, 3.05) is 0 Å². The lowest BCUT2D eigenvalue weighted by Gasteiger charge is -1.99. The molecule has 0 fully saturated rings. The first kappa shape index (κ1) is 11.4. The Morgan fingerprint density at radius 1 is 1.25 bits per heavy atom. The van der Waals surface area contributed by atoms with Gasteiger partial charge in [-0.1, -0.05) is 32.8 Å². The maximum absolute atomic E-state index is 4.23. The Morgan fingerprint density at radius 3 is 2.50 bits per heavy atom. The molecule has 0 aromatic carbocycles. The highest BCUT2D eigenvalue weighted by atomic mass is 14.7. The first-order chi connectivity index (χ1) is 5.85. The van der Waals surface area contributed by atoms with Gasteiger partial charge in [-0.2, -0.15) is 0 Å². The van der Waals surface area contributed by atoms with Gasteiger partial charge in [0.15, 0.2) is 0 Å². The summed E-state index contributed by atoms with van der Waals surface area (Å²) in [5.41, 5.74) is 1.47. The van der Waals surface area contributed by atoms with Gasteiger partial charge in [-0.15, -0.1) is 0 Å². The van der Waals surface area contributed by atoms with Gasteiger partial charge in [-0.3, -0.25) is 4.99 Å². The molecule has 0 aliphatic heterocycles. The van der Waals surface area contributed by atoms with Crippen LogP contribution in [0.5, 0.6) is 0 Å². The van der Waals surface area contributed by atoms with Crippen molar-refractivity contribution >= 4 is 6.21 Å². The van der Waals surface area contributed by atoms with Crippen molar-refractivity contribution < 1.29 is 0 Å². The van der Waals surface area contributed by atoms with E-state index in [1.807, 2.05) is 12.4 Å². The summed E-state index contributed by atoms with van der Waals surface area (Å²) in [5.74, 6) is 0. The highest BCUT2D eigenvalue weighted by Crippen LogP contribution is 2.10. The third-order valence-electron chi connectivity index (χ3n) is 1.85. The average molecular weight is 167 g/mol. The number of unbranched alkanes of at least 4 members (excludes halogenated alkanes) is 1. The minimum atomic E-state index is 1.03. The fraction of sp³-hybridized carbons (Fsp3) is 0.727. The van der Waals surface area contributed by atoms with E-state index in [2.05, 4.69) is 25.8 Å². The van der Waals surface area contributed by atoms with E-state index < -0.39 is 0 Å². The summed E-state index contributed by atoms with van der Waals surface area (Å²) in [4.78, 5) is 4.23. The van der Waals surface area contributed by atoms with Gasteiger partial charge in [0.1, 0.15) is 0 Å². The maximum atomic E-state index is 4.23. The molecule has 0 N–H and O–H groups in total. The van der Waals surface area contributed by atoms with Gasteiger partial charge in [0.05, 0.1) is 0 Å². The first-order valence-electron chi connectivity index (χ1n) is 5.04. The van der Waals surface area contributed by atoms with Gasteiger partial charge >= 0.3 is 0 Å². The third kappa shape index (κ3) is 6.14. The molecule has 0 bridgehead atoms. The summed E-state index contributed by atoms with van der Waals surface area (Å²) in [6, 6.07) is 0. The summed E-state index contributed by atoms with van der Waals surface area (Å²) < 4.78 is 0. The van der Waals surface area contributed by atoms with E-state index >= 15 is 0 Å². The molecule has 0 aliphatic rings. The van der Waals surface area contributed by atoms with E-state index in [4.69, 9.17) is 0 Å². The normalized spacial score (nSPS) is 12.8. The first-order valence-corrected chi connectivity index (χ1v) is 5.04. The second kappa shape index (κ2) is 8.51. The topological polar surface area (TPSA) is 12.4 Å². The minimum absolute atomic E-state index is 1.03. The molecule has 0 atom stereocenters. The van der Waals surface area contributed by atoms with E-state index in [0.29, 0.717) is 0 Å². The largest absolute Gasteiger partial charge is 0.269 e.